The van der Waals surface area contributed by atoms with Crippen molar-refractivity contribution in [2.45, 2.75) is 83.5 Å². The van der Waals surface area contributed by atoms with Crippen LogP contribution in [-0.2, 0) is 15.1 Å². The van der Waals surface area contributed by atoms with Crippen molar-refractivity contribution in [3.05, 3.63) is 71.8 Å². The molecule has 4 fully saturated rings. The second-order valence-corrected chi connectivity index (χ2v) is 10.9. The minimum atomic E-state index is -1.02. The second kappa shape index (κ2) is 16.5. The number of nitrogens with zero attached hydrogens (tertiary/aromatic N) is 1. The monoisotopic (exact) mass is 653 g/mol. The van der Waals surface area contributed by atoms with Crippen molar-refractivity contribution >= 4 is 34.0 Å². The molecule has 1 N–H and O–H groups in total. The van der Waals surface area contributed by atoms with Gasteiger partial charge in [0.05, 0.1) is 13.2 Å². The average molecular weight is 656 g/mol. The van der Waals surface area contributed by atoms with Crippen molar-refractivity contribution in [1.82, 2.24) is 4.90 Å². The van der Waals surface area contributed by atoms with Crippen LogP contribution in [-0.4, -0.2) is 49.1 Å². The van der Waals surface area contributed by atoms with Crippen LogP contribution in [0.1, 0.15) is 82.8 Å². The fourth-order valence-electron chi connectivity index (χ4n) is 6.72. The van der Waals surface area contributed by atoms with Gasteiger partial charge in [-0.3, -0.25) is 0 Å². The predicted molar refractivity (Wildman–Crippen MR) is 167 cm³/mol. The summed E-state index contributed by atoms with van der Waals surface area (Å²) in [5, 5.41) is 12.6. The molecule has 0 saturated carbocycles. The summed E-state index contributed by atoms with van der Waals surface area (Å²) in [5.41, 5.74) is 0.745. The molecule has 214 valence electrons. The molecule has 4 heterocycles. The van der Waals surface area contributed by atoms with Gasteiger partial charge in [-0.05, 0) is 43.0 Å². The number of unbranched alkanes of at least 4 members (excludes halogenated alkanes) is 5. The Balaban J connectivity index is 0.000000446. The molecule has 1 atom stereocenters. The van der Waals surface area contributed by atoms with Crippen molar-refractivity contribution < 1.29 is 14.6 Å². The number of ether oxygens (including phenoxy) is 2. The maximum absolute atomic E-state index is 12.6. The van der Waals surface area contributed by atoms with Gasteiger partial charge >= 0.3 is 0 Å². The highest BCUT2D eigenvalue weighted by atomic mass is 79.9. The molecule has 4 aliphatic heterocycles. The first kappa shape index (κ1) is 33.4. The van der Waals surface area contributed by atoms with Gasteiger partial charge in [-0.15, -0.1) is 34.0 Å². The van der Waals surface area contributed by atoms with Gasteiger partial charge < -0.3 is 19.5 Å². The average Bonchev–Trinajstić information content (AvgIpc) is 3.46. The summed E-state index contributed by atoms with van der Waals surface area (Å²) in [7, 11) is 0. The lowest BCUT2D eigenvalue weighted by Crippen LogP contribution is -2.63. The molecule has 4 aliphatic rings. The topological polar surface area (TPSA) is 41.9 Å². The Bertz CT molecular complexity index is 839. The molecule has 4 nitrogen and oxygen atoms in total. The smallest absolute Gasteiger partial charge is 0.158 e. The lowest BCUT2D eigenvalue weighted by molar-refractivity contribution is -0.181. The molecule has 1 unspecified atom stereocenters. The summed E-state index contributed by atoms with van der Waals surface area (Å²) >= 11 is 0. The standard InChI is InChI=1S/C24H29NO3.C8H18.2BrH/c26-24(19-7-3-1-4-8-19,20-9-5-2-6-10-20)23-11-13-25(14-12-23)18-21(23)17-22-27-15-16-28-22;1-3-5-7-8-6-4-2;;/h1-10,21-22,26H,11-18H2;3-8H2,1-2H3;2*1H. The summed E-state index contributed by atoms with van der Waals surface area (Å²) in [4.78, 5) is 2.54. The maximum Gasteiger partial charge on any atom is 0.158 e. The summed E-state index contributed by atoms with van der Waals surface area (Å²) < 4.78 is 11.6. The summed E-state index contributed by atoms with van der Waals surface area (Å²) in [6.45, 7) is 8.96. The van der Waals surface area contributed by atoms with Crippen molar-refractivity contribution in [2.24, 2.45) is 11.3 Å². The quantitative estimate of drug-likeness (QED) is 0.264. The van der Waals surface area contributed by atoms with E-state index in [1.807, 2.05) is 36.4 Å². The molecule has 0 aliphatic carbocycles. The van der Waals surface area contributed by atoms with Gasteiger partial charge in [0.1, 0.15) is 5.60 Å². The van der Waals surface area contributed by atoms with Gasteiger partial charge in [0.2, 0.25) is 0 Å². The van der Waals surface area contributed by atoms with Crippen LogP contribution in [0.5, 0.6) is 0 Å². The Morgan fingerprint density at radius 2 is 1.26 bits per heavy atom. The van der Waals surface area contributed by atoms with Gasteiger partial charge in [0, 0.05) is 18.4 Å². The molecule has 2 bridgehead atoms. The van der Waals surface area contributed by atoms with Crippen molar-refractivity contribution in [2.75, 3.05) is 32.8 Å². The van der Waals surface area contributed by atoms with Crippen LogP contribution >= 0.6 is 34.0 Å². The Hall–Kier alpha value is -0.760. The molecule has 6 rings (SSSR count). The Labute approximate surface area is 252 Å². The van der Waals surface area contributed by atoms with E-state index in [-0.39, 0.29) is 45.7 Å². The highest BCUT2D eigenvalue weighted by Gasteiger charge is 2.60. The second-order valence-electron chi connectivity index (χ2n) is 10.9. The number of aliphatic hydroxyl groups is 1. The van der Waals surface area contributed by atoms with E-state index in [9.17, 15) is 5.11 Å². The molecule has 2 aromatic carbocycles. The molecular weight excluding hydrogens is 606 g/mol. The molecule has 0 aromatic heterocycles. The first-order valence-electron chi connectivity index (χ1n) is 14.4. The van der Waals surface area contributed by atoms with Gasteiger partial charge in [-0.1, -0.05) is 113 Å². The zero-order valence-electron chi connectivity index (χ0n) is 23.4. The molecule has 0 radical (unpaired) electrons. The predicted octanol–water partition coefficient (Wildman–Crippen LogP) is 7.92. The number of fused-ring (bicyclic) bond motifs is 3. The van der Waals surface area contributed by atoms with Gasteiger partial charge in [-0.2, -0.15) is 0 Å². The van der Waals surface area contributed by atoms with E-state index < -0.39 is 5.60 Å². The number of hydrogen-bond donors (Lipinski definition) is 1. The van der Waals surface area contributed by atoms with Crippen molar-refractivity contribution in [1.29, 1.82) is 0 Å². The van der Waals surface area contributed by atoms with E-state index >= 15 is 0 Å². The molecule has 6 heteroatoms. The Kier molecular flexibility index (Phi) is 14.5. The van der Waals surface area contributed by atoms with Crippen LogP contribution < -0.4 is 0 Å². The summed E-state index contributed by atoms with van der Waals surface area (Å²) in [6.07, 6.45) is 11.2. The third-order valence-electron chi connectivity index (χ3n) is 8.74. The number of hydrogen-bond acceptors (Lipinski definition) is 4. The van der Waals surface area contributed by atoms with E-state index in [0.29, 0.717) is 19.1 Å². The maximum atomic E-state index is 12.6. The van der Waals surface area contributed by atoms with E-state index in [1.165, 1.54) is 38.5 Å². The number of benzene rings is 2. The molecule has 0 spiro atoms. The van der Waals surface area contributed by atoms with Gasteiger partial charge in [0.15, 0.2) is 6.29 Å². The third-order valence-corrected chi connectivity index (χ3v) is 8.74. The molecule has 38 heavy (non-hydrogen) atoms. The molecule has 2 aromatic rings. The minimum absolute atomic E-state index is 0. The Morgan fingerprint density at radius 1 is 0.789 bits per heavy atom. The normalized spacial score (nSPS) is 24.6. The van der Waals surface area contributed by atoms with Crippen molar-refractivity contribution in [3.8, 4) is 0 Å². The Morgan fingerprint density at radius 3 is 1.71 bits per heavy atom. The fraction of sp³-hybridized carbons (Fsp3) is 0.625. The van der Waals surface area contributed by atoms with Crippen molar-refractivity contribution in [3.63, 3.8) is 0 Å². The van der Waals surface area contributed by atoms with E-state index in [4.69, 9.17) is 9.47 Å². The first-order chi connectivity index (χ1) is 17.6. The lowest BCUT2D eigenvalue weighted by Gasteiger charge is -2.61. The largest absolute Gasteiger partial charge is 0.380 e. The summed E-state index contributed by atoms with van der Waals surface area (Å²) in [6, 6.07) is 20.5. The van der Waals surface area contributed by atoms with Crippen LogP contribution in [0.4, 0.5) is 0 Å². The highest BCUT2D eigenvalue weighted by molar-refractivity contribution is 8.93. The van der Waals surface area contributed by atoms with E-state index in [0.717, 1.165) is 50.0 Å². The van der Waals surface area contributed by atoms with Crippen LogP contribution in [0, 0.1) is 11.3 Å². The number of halogens is 2. The number of rotatable bonds is 10. The zero-order chi connectivity index (χ0) is 25.3. The SMILES string of the molecule is Br.Br.CCCCCCCC.OC(c1ccccc1)(c1ccccc1)C12CCN(CC1)CC2CC1OCCO1. The zero-order valence-corrected chi connectivity index (χ0v) is 26.8. The highest BCUT2D eigenvalue weighted by Crippen LogP contribution is 2.59. The minimum Gasteiger partial charge on any atom is -0.380 e. The lowest BCUT2D eigenvalue weighted by atomic mass is 9.52. The third kappa shape index (κ3) is 7.50. The van der Waals surface area contributed by atoms with Crippen LogP contribution in [0.25, 0.3) is 0 Å². The van der Waals surface area contributed by atoms with E-state index in [2.05, 4.69) is 43.0 Å². The van der Waals surface area contributed by atoms with Gasteiger partial charge in [0.25, 0.3) is 0 Å². The van der Waals surface area contributed by atoms with Crippen LogP contribution in [0.3, 0.4) is 0 Å². The molecular formula is C32H49Br2NO3. The summed E-state index contributed by atoms with van der Waals surface area (Å²) in [5.74, 6) is 0.323. The first-order valence-corrected chi connectivity index (χ1v) is 14.4. The molecule has 0 amide bonds. The van der Waals surface area contributed by atoms with Gasteiger partial charge in [-0.25, -0.2) is 0 Å². The number of piperidine rings is 3. The molecule has 4 saturated heterocycles. The fourth-order valence-corrected chi connectivity index (χ4v) is 6.72. The van der Waals surface area contributed by atoms with Crippen LogP contribution in [0.15, 0.2) is 60.7 Å². The van der Waals surface area contributed by atoms with E-state index in [1.54, 1.807) is 0 Å². The van der Waals surface area contributed by atoms with Crippen LogP contribution in [0.2, 0.25) is 0 Å².